The van der Waals surface area contributed by atoms with Crippen molar-refractivity contribution in [1.82, 2.24) is 9.97 Å². The Kier molecular flexibility index (Phi) is 2.19. The van der Waals surface area contributed by atoms with E-state index in [0.717, 1.165) is 17.0 Å². The van der Waals surface area contributed by atoms with Gasteiger partial charge in [-0.3, -0.25) is 0 Å². The minimum Gasteiger partial charge on any atom is -0.458 e. The Morgan fingerprint density at radius 2 is 1.87 bits per heavy atom. The van der Waals surface area contributed by atoms with Crippen LogP contribution in [0.25, 0.3) is 11.6 Å². The molecular formula is C11H13N3O. The fourth-order valence-electron chi connectivity index (χ4n) is 1.32. The summed E-state index contributed by atoms with van der Waals surface area (Å²) in [6, 6.07) is 3.73. The molecule has 0 atom stereocenters. The summed E-state index contributed by atoms with van der Waals surface area (Å²) in [6.07, 6.45) is 0. The molecule has 0 aromatic carbocycles. The van der Waals surface area contributed by atoms with E-state index < -0.39 is 0 Å². The van der Waals surface area contributed by atoms with Gasteiger partial charge in [0.15, 0.2) is 11.6 Å². The number of aromatic nitrogens is 2. The molecule has 2 heterocycles. The lowest BCUT2D eigenvalue weighted by Crippen LogP contribution is -2.01. The van der Waals surface area contributed by atoms with Crippen molar-refractivity contribution in [3.8, 4) is 11.6 Å². The van der Waals surface area contributed by atoms with Crippen LogP contribution in [-0.2, 0) is 0 Å². The molecule has 0 saturated heterocycles. The van der Waals surface area contributed by atoms with Crippen LogP contribution in [0, 0.1) is 20.8 Å². The van der Waals surface area contributed by atoms with E-state index in [1.165, 1.54) is 0 Å². The van der Waals surface area contributed by atoms with Gasteiger partial charge < -0.3 is 10.2 Å². The standard InChI is InChI=1S/C11H13N3O/c1-6-4-5-9(15-6)11-13-8(3)7(2)10(12)14-11/h4-5H,1-3H3,(H2,12,13,14). The average molecular weight is 203 g/mol. The summed E-state index contributed by atoms with van der Waals surface area (Å²) in [7, 11) is 0. The van der Waals surface area contributed by atoms with Crippen LogP contribution in [0.2, 0.25) is 0 Å². The first-order valence-corrected chi connectivity index (χ1v) is 4.75. The molecule has 2 rings (SSSR count). The third-order valence-corrected chi connectivity index (χ3v) is 2.39. The maximum absolute atomic E-state index is 5.77. The van der Waals surface area contributed by atoms with Crippen molar-refractivity contribution in [2.24, 2.45) is 0 Å². The summed E-state index contributed by atoms with van der Waals surface area (Å²) in [5, 5.41) is 0. The minimum absolute atomic E-state index is 0.506. The van der Waals surface area contributed by atoms with Crippen LogP contribution < -0.4 is 5.73 Å². The lowest BCUT2D eigenvalue weighted by molar-refractivity contribution is 0.544. The molecule has 0 radical (unpaired) electrons. The first-order valence-electron chi connectivity index (χ1n) is 4.75. The van der Waals surface area contributed by atoms with Crippen molar-refractivity contribution >= 4 is 5.82 Å². The maximum Gasteiger partial charge on any atom is 0.197 e. The number of nitrogen functional groups attached to an aromatic ring is 1. The highest BCUT2D eigenvalue weighted by atomic mass is 16.3. The van der Waals surface area contributed by atoms with Gasteiger partial charge in [0.25, 0.3) is 0 Å². The Labute approximate surface area is 88.2 Å². The van der Waals surface area contributed by atoms with Crippen molar-refractivity contribution in [3.05, 3.63) is 29.2 Å². The molecule has 78 valence electrons. The van der Waals surface area contributed by atoms with Gasteiger partial charge in [-0.1, -0.05) is 0 Å². The quantitative estimate of drug-likeness (QED) is 0.772. The van der Waals surface area contributed by atoms with Crippen molar-refractivity contribution in [1.29, 1.82) is 0 Å². The minimum atomic E-state index is 0.506. The number of aryl methyl sites for hydroxylation is 2. The zero-order valence-electron chi connectivity index (χ0n) is 9.03. The molecule has 4 heteroatoms. The van der Waals surface area contributed by atoms with Crippen LogP contribution in [0.5, 0.6) is 0 Å². The maximum atomic E-state index is 5.77. The summed E-state index contributed by atoms with van der Waals surface area (Å²) in [5.74, 6) is 2.54. The van der Waals surface area contributed by atoms with Crippen LogP contribution in [0.1, 0.15) is 17.0 Å². The number of hydrogen-bond donors (Lipinski definition) is 1. The van der Waals surface area contributed by atoms with Crippen molar-refractivity contribution in [3.63, 3.8) is 0 Å². The average Bonchev–Trinajstić information content (AvgIpc) is 2.60. The molecule has 0 aliphatic carbocycles. The predicted molar refractivity (Wildman–Crippen MR) is 58.4 cm³/mol. The van der Waals surface area contributed by atoms with Gasteiger partial charge in [-0.25, -0.2) is 9.97 Å². The van der Waals surface area contributed by atoms with Gasteiger partial charge >= 0.3 is 0 Å². The summed E-state index contributed by atoms with van der Waals surface area (Å²) >= 11 is 0. The van der Waals surface area contributed by atoms with Crippen molar-refractivity contribution < 1.29 is 4.42 Å². The predicted octanol–water partition coefficient (Wildman–Crippen LogP) is 2.24. The molecule has 2 aromatic rings. The zero-order valence-corrected chi connectivity index (χ0v) is 9.03. The smallest absolute Gasteiger partial charge is 0.197 e. The third kappa shape index (κ3) is 1.70. The second-order valence-corrected chi connectivity index (χ2v) is 3.55. The Balaban J connectivity index is 2.55. The van der Waals surface area contributed by atoms with E-state index in [1.54, 1.807) is 0 Å². The van der Waals surface area contributed by atoms with E-state index in [0.29, 0.717) is 17.4 Å². The Morgan fingerprint density at radius 3 is 2.40 bits per heavy atom. The van der Waals surface area contributed by atoms with Crippen LogP contribution in [0.4, 0.5) is 5.82 Å². The fourth-order valence-corrected chi connectivity index (χ4v) is 1.32. The molecular weight excluding hydrogens is 190 g/mol. The lowest BCUT2D eigenvalue weighted by atomic mass is 10.2. The normalized spacial score (nSPS) is 10.6. The Bertz CT molecular complexity index is 479. The highest BCUT2D eigenvalue weighted by Gasteiger charge is 2.09. The van der Waals surface area contributed by atoms with E-state index in [9.17, 15) is 0 Å². The van der Waals surface area contributed by atoms with E-state index in [1.807, 2.05) is 32.9 Å². The molecule has 0 aliphatic rings. The summed E-state index contributed by atoms with van der Waals surface area (Å²) in [4.78, 5) is 8.52. The van der Waals surface area contributed by atoms with E-state index in [-0.39, 0.29) is 0 Å². The molecule has 0 bridgehead atoms. The fraction of sp³-hybridized carbons (Fsp3) is 0.273. The van der Waals surface area contributed by atoms with Gasteiger partial charge in [0.2, 0.25) is 0 Å². The van der Waals surface area contributed by atoms with Gasteiger partial charge in [-0.2, -0.15) is 0 Å². The highest BCUT2D eigenvalue weighted by molar-refractivity contribution is 5.53. The third-order valence-electron chi connectivity index (χ3n) is 2.39. The number of nitrogens with zero attached hydrogens (tertiary/aromatic N) is 2. The molecule has 0 aliphatic heterocycles. The van der Waals surface area contributed by atoms with E-state index >= 15 is 0 Å². The van der Waals surface area contributed by atoms with Gasteiger partial charge in [0.05, 0.1) is 0 Å². The van der Waals surface area contributed by atoms with Crippen LogP contribution in [-0.4, -0.2) is 9.97 Å². The number of hydrogen-bond acceptors (Lipinski definition) is 4. The number of rotatable bonds is 1. The molecule has 0 amide bonds. The SMILES string of the molecule is Cc1ccc(-c2nc(C)c(C)c(N)n2)o1. The molecule has 2 N–H and O–H groups in total. The van der Waals surface area contributed by atoms with Gasteiger partial charge in [-0.05, 0) is 32.9 Å². The van der Waals surface area contributed by atoms with Crippen molar-refractivity contribution in [2.75, 3.05) is 5.73 Å². The first-order chi connectivity index (χ1) is 7.08. The van der Waals surface area contributed by atoms with Crippen LogP contribution in [0.15, 0.2) is 16.5 Å². The second kappa shape index (κ2) is 3.38. The molecule has 0 unspecified atom stereocenters. The lowest BCUT2D eigenvalue weighted by Gasteiger charge is -2.04. The molecule has 0 saturated carbocycles. The number of furan rings is 1. The second-order valence-electron chi connectivity index (χ2n) is 3.55. The highest BCUT2D eigenvalue weighted by Crippen LogP contribution is 2.21. The first kappa shape index (κ1) is 9.71. The van der Waals surface area contributed by atoms with Crippen LogP contribution >= 0.6 is 0 Å². The van der Waals surface area contributed by atoms with Gasteiger partial charge in [-0.15, -0.1) is 0 Å². The molecule has 2 aromatic heterocycles. The summed E-state index contributed by atoms with van der Waals surface area (Å²) in [5.41, 5.74) is 7.57. The molecule has 0 fully saturated rings. The van der Waals surface area contributed by atoms with Crippen LogP contribution in [0.3, 0.4) is 0 Å². The van der Waals surface area contributed by atoms with Gasteiger partial charge in [0.1, 0.15) is 11.6 Å². The summed E-state index contributed by atoms with van der Waals surface area (Å²) < 4.78 is 5.44. The molecule has 15 heavy (non-hydrogen) atoms. The zero-order chi connectivity index (χ0) is 11.0. The number of nitrogens with two attached hydrogens (primary N) is 1. The van der Waals surface area contributed by atoms with E-state index in [2.05, 4.69) is 9.97 Å². The summed E-state index contributed by atoms with van der Waals surface area (Å²) in [6.45, 7) is 5.70. The number of anilines is 1. The Morgan fingerprint density at radius 1 is 1.13 bits per heavy atom. The topological polar surface area (TPSA) is 64.9 Å². The molecule has 0 spiro atoms. The van der Waals surface area contributed by atoms with Crippen molar-refractivity contribution in [2.45, 2.75) is 20.8 Å². The van der Waals surface area contributed by atoms with Gasteiger partial charge in [0, 0.05) is 11.3 Å². The van der Waals surface area contributed by atoms with E-state index in [4.69, 9.17) is 10.2 Å². The largest absolute Gasteiger partial charge is 0.458 e. The monoisotopic (exact) mass is 203 g/mol. The molecule has 4 nitrogen and oxygen atoms in total. The Hall–Kier alpha value is -1.84.